The largest absolute Gasteiger partial charge is 0.391 e. The molecule has 0 aliphatic carbocycles. The summed E-state index contributed by atoms with van der Waals surface area (Å²) in [5.41, 5.74) is 0.351. The second kappa shape index (κ2) is 5.89. The summed E-state index contributed by atoms with van der Waals surface area (Å²) >= 11 is 11.8. The topological polar surface area (TPSA) is 61.4 Å². The third kappa shape index (κ3) is 3.14. The van der Waals surface area contributed by atoms with Gasteiger partial charge in [-0.3, -0.25) is 4.79 Å². The number of aliphatic hydroxyl groups is 1. The molecule has 1 aromatic carbocycles. The van der Waals surface area contributed by atoms with Gasteiger partial charge in [0, 0.05) is 30.6 Å². The lowest BCUT2D eigenvalue weighted by molar-refractivity contribution is 0.0927. The van der Waals surface area contributed by atoms with Crippen molar-refractivity contribution in [3.8, 4) is 0 Å². The average molecular weight is 289 g/mol. The number of hydrogen-bond donors (Lipinski definition) is 3. The first-order chi connectivity index (χ1) is 8.58. The van der Waals surface area contributed by atoms with Gasteiger partial charge in [-0.15, -0.1) is 0 Å². The van der Waals surface area contributed by atoms with Crippen molar-refractivity contribution >= 4 is 29.1 Å². The summed E-state index contributed by atoms with van der Waals surface area (Å²) in [6.07, 6.45) is -0.417. The highest BCUT2D eigenvalue weighted by Gasteiger charge is 2.25. The molecule has 1 saturated heterocycles. The van der Waals surface area contributed by atoms with Gasteiger partial charge >= 0.3 is 0 Å². The van der Waals surface area contributed by atoms with E-state index in [-0.39, 0.29) is 11.8 Å². The van der Waals surface area contributed by atoms with E-state index >= 15 is 0 Å². The van der Waals surface area contributed by atoms with E-state index in [1.807, 2.05) is 0 Å². The molecule has 0 bridgehead atoms. The smallest absolute Gasteiger partial charge is 0.252 e. The molecule has 1 fully saturated rings. The summed E-state index contributed by atoms with van der Waals surface area (Å²) in [6.45, 7) is 1.68. The molecular formula is C12H14Cl2N2O2. The molecule has 0 aromatic heterocycles. The molecule has 1 aromatic rings. The molecule has 2 atom stereocenters. The van der Waals surface area contributed by atoms with E-state index in [4.69, 9.17) is 23.2 Å². The number of nitrogens with one attached hydrogen (secondary N) is 2. The van der Waals surface area contributed by atoms with Crippen LogP contribution in [0.4, 0.5) is 0 Å². The van der Waals surface area contributed by atoms with Crippen LogP contribution < -0.4 is 10.6 Å². The Bertz CT molecular complexity index is 454. The second-order valence-electron chi connectivity index (χ2n) is 4.32. The highest BCUT2D eigenvalue weighted by atomic mass is 35.5. The van der Waals surface area contributed by atoms with Crippen molar-refractivity contribution < 1.29 is 9.90 Å². The summed E-state index contributed by atoms with van der Waals surface area (Å²) in [7, 11) is 0. The van der Waals surface area contributed by atoms with Gasteiger partial charge in [0.05, 0.1) is 16.7 Å². The molecular weight excluding hydrogens is 275 g/mol. The summed E-state index contributed by atoms with van der Waals surface area (Å²) in [5.74, 6) is -0.242. The van der Waals surface area contributed by atoms with Crippen molar-refractivity contribution in [1.29, 1.82) is 0 Å². The Hall–Kier alpha value is -0.810. The van der Waals surface area contributed by atoms with Crippen LogP contribution in [0, 0.1) is 5.92 Å². The maximum Gasteiger partial charge on any atom is 0.252 e. The van der Waals surface area contributed by atoms with Crippen molar-refractivity contribution in [2.24, 2.45) is 5.92 Å². The Kier molecular flexibility index (Phi) is 4.45. The number of rotatable bonds is 3. The molecule has 0 spiro atoms. The van der Waals surface area contributed by atoms with E-state index in [2.05, 4.69) is 10.6 Å². The fourth-order valence-electron chi connectivity index (χ4n) is 1.92. The molecule has 1 heterocycles. The summed E-state index contributed by atoms with van der Waals surface area (Å²) < 4.78 is 0. The third-order valence-corrected chi connectivity index (χ3v) is 3.57. The number of hydrogen-bond acceptors (Lipinski definition) is 3. The lowest BCUT2D eigenvalue weighted by Crippen LogP contribution is -2.34. The number of halogens is 2. The van der Waals surface area contributed by atoms with Gasteiger partial charge in [0.25, 0.3) is 5.91 Å². The lowest BCUT2D eigenvalue weighted by atomic mass is 10.1. The monoisotopic (exact) mass is 288 g/mol. The molecule has 2 rings (SSSR count). The summed E-state index contributed by atoms with van der Waals surface area (Å²) in [6, 6.07) is 4.75. The molecule has 0 radical (unpaired) electrons. The minimum atomic E-state index is -0.417. The van der Waals surface area contributed by atoms with Crippen LogP contribution >= 0.6 is 23.2 Å². The number of carbonyl (C=O) groups is 1. The molecule has 0 saturated carbocycles. The maximum atomic E-state index is 11.9. The van der Waals surface area contributed by atoms with Crippen molar-refractivity contribution in [3.05, 3.63) is 33.8 Å². The molecule has 98 valence electrons. The molecule has 6 heteroatoms. The van der Waals surface area contributed by atoms with E-state index in [0.717, 1.165) is 0 Å². The Balaban J connectivity index is 1.97. The SMILES string of the molecule is O=C(NCC1CNCC1O)c1cc(Cl)ccc1Cl. The number of amides is 1. The van der Waals surface area contributed by atoms with Crippen molar-refractivity contribution in [3.63, 3.8) is 0 Å². The third-order valence-electron chi connectivity index (χ3n) is 3.00. The number of carbonyl (C=O) groups excluding carboxylic acids is 1. The molecule has 18 heavy (non-hydrogen) atoms. The molecule has 2 unspecified atom stereocenters. The lowest BCUT2D eigenvalue weighted by Gasteiger charge is -2.14. The second-order valence-corrected chi connectivity index (χ2v) is 5.16. The first-order valence-corrected chi connectivity index (χ1v) is 6.45. The Labute approximate surface area is 115 Å². The van der Waals surface area contributed by atoms with Crippen LogP contribution in [0.1, 0.15) is 10.4 Å². The van der Waals surface area contributed by atoms with Crippen LogP contribution in [0.15, 0.2) is 18.2 Å². The molecule has 4 nitrogen and oxygen atoms in total. The van der Waals surface area contributed by atoms with Crippen molar-refractivity contribution in [2.75, 3.05) is 19.6 Å². The predicted molar refractivity (Wildman–Crippen MR) is 71.2 cm³/mol. The van der Waals surface area contributed by atoms with Crippen LogP contribution in [-0.2, 0) is 0 Å². The first kappa shape index (κ1) is 13.6. The van der Waals surface area contributed by atoms with Crippen LogP contribution in [-0.4, -0.2) is 36.8 Å². The fourth-order valence-corrected chi connectivity index (χ4v) is 2.29. The zero-order chi connectivity index (χ0) is 13.1. The van der Waals surface area contributed by atoms with Gasteiger partial charge in [0.15, 0.2) is 0 Å². The number of β-amino-alcohol motifs (C(OH)–C–C–N with tert-alkyl or cyclic N) is 1. The van der Waals surface area contributed by atoms with E-state index in [1.54, 1.807) is 12.1 Å². The average Bonchev–Trinajstić information content (AvgIpc) is 2.75. The van der Waals surface area contributed by atoms with Crippen LogP contribution in [0.5, 0.6) is 0 Å². The van der Waals surface area contributed by atoms with Crippen molar-refractivity contribution in [1.82, 2.24) is 10.6 Å². The predicted octanol–water partition coefficient (Wildman–Crippen LogP) is 1.30. The zero-order valence-electron chi connectivity index (χ0n) is 9.62. The standard InChI is InChI=1S/C12H14Cl2N2O2/c13-8-1-2-10(14)9(3-8)12(18)16-5-7-4-15-6-11(7)17/h1-3,7,11,15,17H,4-6H2,(H,16,18). The number of benzene rings is 1. The Morgan fingerprint density at radius 3 is 2.89 bits per heavy atom. The van der Waals surface area contributed by atoms with Gasteiger partial charge in [-0.1, -0.05) is 23.2 Å². The quantitative estimate of drug-likeness (QED) is 0.786. The Morgan fingerprint density at radius 2 is 2.22 bits per heavy atom. The van der Waals surface area contributed by atoms with Gasteiger partial charge < -0.3 is 15.7 Å². The molecule has 1 amide bonds. The first-order valence-electron chi connectivity index (χ1n) is 5.70. The van der Waals surface area contributed by atoms with Crippen LogP contribution in [0.2, 0.25) is 10.0 Å². The van der Waals surface area contributed by atoms with Crippen LogP contribution in [0.3, 0.4) is 0 Å². The molecule has 1 aliphatic rings. The molecule has 3 N–H and O–H groups in total. The highest BCUT2D eigenvalue weighted by Crippen LogP contribution is 2.20. The van der Waals surface area contributed by atoms with Gasteiger partial charge in [-0.05, 0) is 18.2 Å². The summed E-state index contributed by atoms with van der Waals surface area (Å²) in [5, 5.41) is 16.3. The fraction of sp³-hybridized carbons (Fsp3) is 0.417. The maximum absolute atomic E-state index is 11.9. The van der Waals surface area contributed by atoms with Gasteiger partial charge in [-0.2, -0.15) is 0 Å². The minimum Gasteiger partial charge on any atom is -0.391 e. The molecule has 1 aliphatic heterocycles. The minimum absolute atomic E-state index is 0.0342. The van der Waals surface area contributed by atoms with Crippen LogP contribution in [0.25, 0.3) is 0 Å². The van der Waals surface area contributed by atoms with E-state index in [1.165, 1.54) is 6.07 Å². The van der Waals surface area contributed by atoms with Gasteiger partial charge in [0.1, 0.15) is 0 Å². The van der Waals surface area contributed by atoms with Gasteiger partial charge in [0.2, 0.25) is 0 Å². The van der Waals surface area contributed by atoms with Gasteiger partial charge in [-0.25, -0.2) is 0 Å². The van der Waals surface area contributed by atoms with E-state index in [9.17, 15) is 9.90 Å². The van der Waals surface area contributed by atoms with E-state index in [0.29, 0.717) is 35.2 Å². The normalized spacial score (nSPS) is 23.1. The van der Waals surface area contributed by atoms with Crippen molar-refractivity contribution in [2.45, 2.75) is 6.10 Å². The zero-order valence-corrected chi connectivity index (χ0v) is 11.1. The Morgan fingerprint density at radius 1 is 1.44 bits per heavy atom. The van der Waals surface area contributed by atoms with E-state index < -0.39 is 6.10 Å². The number of aliphatic hydroxyl groups excluding tert-OH is 1. The summed E-state index contributed by atoms with van der Waals surface area (Å²) in [4.78, 5) is 11.9. The highest BCUT2D eigenvalue weighted by molar-refractivity contribution is 6.35.